The van der Waals surface area contributed by atoms with Crippen LogP contribution >= 0.6 is 0 Å². The van der Waals surface area contributed by atoms with Gasteiger partial charge in [-0.2, -0.15) is 0 Å². The van der Waals surface area contributed by atoms with Crippen LogP contribution in [0.5, 0.6) is 5.75 Å². The largest absolute Gasteiger partial charge is 0.492 e. The van der Waals surface area contributed by atoms with Crippen molar-refractivity contribution in [1.82, 2.24) is 0 Å². The first-order valence-electron chi connectivity index (χ1n) is 8.86. The van der Waals surface area contributed by atoms with Gasteiger partial charge in [0.1, 0.15) is 5.75 Å². The summed E-state index contributed by atoms with van der Waals surface area (Å²) in [6.07, 6.45) is 0. The molecule has 0 spiro atoms. The molecule has 0 aliphatic heterocycles. The Kier molecular flexibility index (Phi) is 4.40. The Bertz CT molecular complexity index is 1010. The van der Waals surface area contributed by atoms with Crippen LogP contribution in [0.2, 0.25) is 0 Å². The highest BCUT2D eigenvalue weighted by Gasteiger charge is 2.17. The van der Waals surface area contributed by atoms with Crippen molar-refractivity contribution >= 4 is 27.3 Å². The molecule has 26 heavy (non-hydrogen) atoms. The molecule has 2 nitrogen and oxygen atoms in total. The predicted molar refractivity (Wildman–Crippen MR) is 107 cm³/mol. The Hall–Kier alpha value is -3.13. The molecule has 0 fully saturated rings. The molecule has 0 aliphatic carbocycles. The van der Waals surface area contributed by atoms with Crippen molar-refractivity contribution in [2.45, 2.75) is 6.92 Å². The fourth-order valence-corrected chi connectivity index (χ4v) is 3.30. The second-order valence-corrected chi connectivity index (χ2v) is 6.59. The molecular formula is C24H20O2. The van der Waals surface area contributed by atoms with Crippen molar-refractivity contribution in [3.05, 3.63) is 90.5 Å². The van der Waals surface area contributed by atoms with Gasteiger partial charge in [-0.1, -0.05) is 85.8 Å². The smallest absolute Gasteiger partial charge is 0.169 e. The van der Waals surface area contributed by atoms with Crippen molar-refractivity contribution in [1.29, 1.82) is 0 Å². The summed E-state index contributed by atoms with van der Waals surface area (Å²) in [7, 11) is 0. The van der Waals surface area contributed by atoms with Gasteiger partial charge in [-0.15, -0.1) is 0 Å². The van der Waals surface area contributed by atoms with E-state index in [1.165, 1.54) is 0 Å². The minimum atomic E-state index is -0.213. The fourth-order valence-electron chi connectivity index (χ4n) is 3.30. The number of rotatable bonds is 5. The number of carbonyl (C=O) groups is 1. The standard InChI is InChI=1S/C24H20O2/c1-17(23(25)18-9-3-2-4-10-18)16-26-24-21-13-7-5-11-19(21)15-20-12-6-8-14-22(20)24/h2-15,17H,16H2,1H3. The summed E-state index contributed by atoms with van der Waals surface area (Å²) in [6.45, 7) is 2.27. The third-order valence-corrected chi connectivity index (χ3v) is 4.71. The van der Waals surface area contributed by atoms with Gasteiger partial charge >= 0.3 is 0 Å². The lowest BCUT2D eigenvalue weighted by molar-refractivity contribution is 0.0890. The lowest BCUT2D eigenvalue weighted by Crippen LogP contribution is -2.19. The normalized spacial score (nSPS) is 12.2. The molecule has 0 aliphatic rings. The van der Waals surface area contributed by atoms with Crippen molar-refractivity contribution in [2.75, 3.05) is 6.61 Å². The Morgan fingerprint density at radius 1 is 0.808 bits per heavy atom. The summed E-state index contributed by atoms with van der Waals surface area (Å²) in [5.74, 6) is 0.747. The van der Waals surface area contributed by atoms with E-state index in [0.717, 1.165) is 32.9 Å². The number of carbonyl (C=O) groups excluding carboxylic acids is 1. The molecule has 0 N–H and O–H groups in total. The van der Waals surface area contributed by atoms with Gasteiger partial charge in [0, 0.05) is 16.3 Å². The van der Waals surface area contributed by atoms with E-state index in [2.05, 4.69) is 30.3 Å². The van der Waals surface area contributed by atoms with Crippen molar-refractivity contribution in [3.8, 4) is 5.75 Å². The lowest BCUT2D eigenvalue weighted by atomic mass is 9.99. The number of benzene rings is 4. The first kappa shape index (κ1) is 16.3. The van der Waals surface area contributed by atoms with Gasteiger partial charge in [-0.05, 0) is 16.8 Å². The average molecular weight is 340 g/mol. The van der Waals surface area contributed by atoms with Gasteiger partial charge in [0.05, 0.1) is 12.5 Å². The number of ketones is 1. The SMILES string of the molecule is CC(COc1c2ccccc2cc2ccccc12)C(=O)c1ccccc1. The van der Waals surface area contributed by atoms with Crippen molar-refractivity contribution in [2.24, 2.45) is 5.92 Å². The minimum absolute atomic E-state index is 0.107. The van der Waals surface area contributed by atoms with Crippen LogP contribution in [0.25, 0.3) is 21.5 Å². The van der Waals surface area contributed by atoms with E-state index in [1.54, 1.807) is 0 Å². The number of hydrogen-bond acceptors (Lipinski definition) is 2. The highest BCUT2D eigenvalue weighted by atomic mass is 16.5. The van der Waals surface area contributed by atoms with Crippen LogP contribution in [0.4, 0.5) is 0 Å². The third kappa shape index (κ3) is 3.06. The molecule has 0 saturated carbocycles. The van der Waals surface area contributed by atoms with E-state index in [0.29, 0.717) is 6.61 Å². The molecule has 1 atom stereocenters. The van der Waals surface area contributed by atoms with Crippen LogP contribution in [0.3, 0.4) is 0 Å². The zero-order chi connectivity index (χ0) is 17.9. The Morgan fingerprint density at radius 2 is 1.35 bits per heavy atom. The van der Waals surface area contributed by atoms with Crippen LogP contribution in [0.1, 0.15) is 17.3 Å². The molecule has 128 valence electrons. The molecule has 4 aromatic rings. The molecule has 0 amide bonds. The Morgan fingerprint density at radius 3 is 1.96 bits per heavy atom. The van der Waals surface area contributed by atoms with Gasteiger partial charge in [-0.3, -0.25) is 4.79 Å². The van der Waals surface area contributed by atoms with Crippen LogP contribution in [-0.2, 0) is 0 Å². The molecule has 0 radical (unpaired) electrons. The first-order valence-corrected chi connectivity index (χ1v) is 8.86. The summed E-state index contributed by atoms with van der Waals surface area (Å²) in [4.78, 5) is 12.6. The molecule has 2 heteroatoms. The van der Waals surface area contributed by atoms with E-state index < -0.39 is 0 Å². The first-order chi connectivity index (χ1) is 12.7. The van der Waals surface area contributed by atoms with Gasteiger partial charge in [-0.25, -0.2) is 0 Å². The molecule has 0 aromatic heterocycles. The zero-order valence-electron chi connectivity index (χ0n) is 14.7. The summed E-state index contributed by atoms with van der Waals surface area (Å²) < 4.78 is 6.22. The second-order valence-electron chi connectivity index (χ2n) is 6.59. The second kappa shape index (κ2) is 7.01. The van der Waals surface area contributed by atoms with E-state index >= 15 is 0 Å². The quantitative estimate of drug-likeness (QED) is 0.334. The van der Waals surface area contributed by atoms with Gasteiger partial charge in [0.2, 0.25) is 0 Å². The molecular weight excluding hydrogens is 320 g/mol. The predicted octanol–water partition coefficient (Wildman–Crippen LogP) is 5.89. The van der Waals surface area contributed by atoms with Crippen LogP contribution in [0, 0.1) is 5.92 Å². The maximum atomic E-state index is 12.6. The molecule has 4 rings (SSSR count). The summed E-state index contributed by atoms with van der Waals surface area (Å²) in [6, 6.07) is 28.0. The van der Waals surface area contributed by atoms with Gasteiger partial charge in [0.15, 0.2) is 5.78 Å². The summed E-state index contributed by atoms with van der Waals surface area (Å²) in [5, 5.41) is 4.43. The van der Waals surface area contributed by atoms with Crippen molar-refractivity contribution in [3.63, 3.8) is 0 Å². The number of hydrogen-bond donors (Lipinski definition) is 0. The maximum absolute atomic E-state index is 12.6. The van der Waals surface area contributed by atoms with Gasteiger partial charge < -0.3 is 4.74 Å². The topological polar surface area (TPSA) is 26.3 Å². The summed E-state index contributed by atoms with van der Waals surface area (Å²) in [5.41, 5.74) is 0.728. The fraction of sp³-hybridized carbons (Fsp3) is 0.125. The van der Waals surface area contributed by atoms with E-state index in [9.17, 15) is 4.79 Å². The summed E-state index contributed by atoms with van der Waals surface area (Å²) >= 11 is 0. The number of ether oxygens (including phenoxy) is 1. The van der Waals surface area contributed by atoms with Crippen molar-refractivity contribution < 1.29 is 9.53 Å². The maximum Gasteiger partial charge on any atom is 0.169 e. The highest BCUT2D eigenvalue weighted by molar-refractivity contribution is 6.05. The minimum Gasteiger partial charge on any atom is -0.492 e. The lowest BCUT2D eigenvalue weighted by Gasteiger charge is -2.16. The molecule has 1 unspecified atom stereocenters. The zero-order valence-corrected chi connectivity index (χ0v) is 14.7. The Balaban J connectivity index is 1.67. The van der Waals surface area contributed by atoms with E-state index in [-0.39, 0.29) is 11.7 Å². The van der Waals surface area contributed by atoms with Gasteiger partial charge in [0.25, 0.3) is 0 Å². The number of fused-ring (bicyclic) bond motifs is 2. The molecule has 0 heterocycles. The monoisotopic (exact) mass is 340 g/mol. The molecule has 4 aromatic carbocycles. The van der Waals surface area contributed by atoms with E-state index in [1.807, 2.05) is 61.5 Å². The highest BCUT2D eigenvalue weighted by Crippen LogP contribution is 2.35. The van der Waals surface area contributed by atoms with Crippen LogP contribution in [0.15, 0.2) is 84.9 Å². The van der Waals surface area contributed by atoms with Crippen LogP contribution in [-0.4, -0.2) is 12.4 Å². The third-order valence-electron chi connectivity index (χ3n) is 4.71. The van der Waals surface area contributed by atoms with Crippen LogP contribution < -0.4 is 4.74 Å². The number of Topliss-reactive ketones (excluding diaryl/α,β-unsaturated/α-hetero) is 1. The average Bonchev–Trinajstić information content (AvgIpc) is 2.71. The Labute approximate surface area is 153 Å². The molecule has 0 saturated heterocycles. The molecule has 0 bridgehead atoms. The van der Waals surface area contributed by atoms with E-state index in [4.69, 9.17) is 4.74 Å².